The van der Waals surface area contributed by atoms with Crippen LogP contribution < -0.4 is 10.6 Å². The van der Waals surface area contributed by atoms with Crippen molar-refractivity contribution in [2.45, 2.75) is 0 Å². The molecule has 0 radical (unpaired) electrons. The predicted octanol–water partition coefficient (Wildman–Crippen LogP) is 1.47. The highest BCUT2D eigenvalue weighted by Crippen LogP contribution is 2.25. The molecule has 0 unspecified atom stereocenters. The first-order valence-corrected chi connectivity index (χ1v) is 6.10. The molecule has 0 atom stereocenters. The number of benzene rings is 2. The fourth-order valence-electron chi connectivity index (χ4n) is 1.85. The number of carbonyl (C=O) groups is 2. The summed E-state index contributed by atoms with van der Waals surface area (Å²) in [5.74, 6) is -1.43. The smallest absolute Gasteiger partial charge is 0.261 e. The van der Waals surface area contributed by atoms with E-state index < -0.39 is 11.8 Å². The number of phenols is 2. The van der Waals surface area contributed by atoms with Gasteiger partial charge in [-0.3, -0.25) is 9.59 Å². The Morgan fingerprint density at radius 2 is 1.67 bits per heavy atom. The van der Waals surface area contributed by atoms with E-state index in [9.17, 15) is 19.8 Å². The molecule has 2 aromatic carbocycles. The molecule has 21 heavy (non-hydrogen) atoms. The summed E-state index contributed by atoms with van der Waals surface area (Å²) in [7, 11) is 1.54. The lowest BCUT2D eigenvalue weighted by atomic mass is 10.1. The quantitative estimate of drug-likeness (QED) is 0.794. The van der Waals surface area contributed by atoms with Gasteiger partial charge in [0.15, 0.2) is 0 Å². The van der Waals surface area contributed by atoms with Crippen molar-refractivity contribution < 1.29 is 19.8 Å². The molecule has 2 aromatic rings. The zero-order valence-electron chi connectivity index (χ0n) is 11.3. The first kappa shape index (κ1) is 14.4. The van der Waals surface area contributed by atoms with Crippen LogP contribution in [0.4, 0.5) is 5.69 Å². The summed E-state index contributed by atoms with van der Waals surface area (Å²) in [6.45, 7) is 0. The summed E-state index contributed by atoms with van der Waals surface area (Å²) in [5, 5.41) is 18.9. The topological polar surface area (TPSA) is 104 Å². The van der Waals surface area contributed by atoms with Gasteiger partial charge in [0, 0.05) is 24.4 Å². The van der Waals surface area contributed by atoms with Crippen molar-refractivity contribution >= 4 is 17.5 Å². The molecule has 0 aliphatic rings. The third-order valence-corrected chi connectivity index (χ3v) is 3.06. The van der Waals surface area contributed by atoms with Crippen LogP contribution in [0.2, 0.25) is 0 Å². The van der Waals surface area contributed by atoms with Gasteiger partial charge in [0.2, 0.25) is 5.91 Å². The Morgan fingerprint density at radius 1 is 1.05 bits per heavy atom. The highest BCUT2D eigenvalue weighted by atomic mass is 16.3. The monoisotopic (exact) mass is 286 g/mol. The molecule has 2 amide bonds. The zero-order chi connectivity index (χ0) is 15.6. The van der Waals surface area contributed by atoms with Crippen molar-refractivity contribution in [2.24, 2.45) is 5.73 Å². The lowest BCUT2D eigenvalue weighted by Crippen LogP contribution is -2.26. The maximum Gasteiger partial charge on any atom is 0.261 e. The van der Waals surface area contributed by atoms with Gasteiger partial charge in [-0.25, -0.2) is 0 Å². The molecule has 0 aliphatic carbocycles. The summed E-state index contributed by atoms with van der Waals surface area (Å²) >= 11 is 0. The summed E-state index contributed by atoms with van der Waals surface area (Å²) in [5.41, 5.74) is 6.09. The van der Waals surface area contributed by atoms with Gasteiger partial charge in [-0.1, -0.05) is 0 Å². The maximum absolute atomic E-state index is 12.3. The number of aromatic hydroxyl groups is 2. The number of rotatable bonds is 3. The lowest BCUT2D eigenvalue weighted by Gasteiger charge is -2.18. The number of hydrogen-bond donors (Lipinski definition) is 3. The molecule has 0 heterocycles. The fourth-order valence-corrected chi connectivity index (χ4v) is 1.85. The predicted molar refractivity (Wildman–Crippen MR) is 77.5 cm³/mol. The van der Waals surface area contributed by atoms with E-state index in [0.717, 1.165) is 6.07 Å². The molecule has 0 bridgehead atoms. The first-order valence-electron chi connectivity index (χ1n) is 6.10. The van der Waals surface area contributed by atoms with Crippen LogP contribution in [0, 0.1) is 0 Å². The Labute approximate surface area is 121 Å². The van der Waals surface area contributed by atoms with Crippen molar-refractivity contribution in [2.75, 3.05) is 11.9 Å². The van der Waals surface area contributed by atoms with Gasteiger partial charge in [0.05, 0.1) is 5.56 Å². The summed E-state index contributed by atoms with van der Waals surface area (Å²) in [6.07, 6.45) is 0. The minimum atomic E-state index is -0.549. The minimum Gasteiger partial charge on any atom is -0.508 e. The normalized spacial score (nSPS) is 10.1. The van der Waals surface area contributed by atoms with Crippen LogP contribution in [0.25, 0.3) is 0 Å². The van der Waals surface area contributed by atoms with E-state index in [4.69, 9.17) is 5.73 Å². The van der Waals surface area contributed by atoms with Crippen molar-refractivity contribution in [3.05, 3.63) is 53.6 Å². The van der Waals surface area contributed by atoms with Crippen LogP contribution in [0.5, 0.6) is 11.5 Å². The molecule has 0 saturated carbocycles. The van der Waals surface area contributed by atoms with Crippen LogP contribution in [-0.4, -0.2) is 29.1 Å². The number of carbonyl (C=O) groups excluding carboxylic acids is 2. The first-order chi connectivity index (χ1) is 9.90. The molecule has 6 heteroatoms. The second-order valence-corrected chi connectivity index (χ2v) is 4.48. The largest absolute Gasteiger partial charge is 0.508 e. The summed E-state index contributed by atoms with van der Waals surface area (Å²) in [4.78, 5) is 24.6. The lowest BCUT2D eigenvalue weighted by molar-refractivity contribution is 0.0987. The summed E-state index contributed by atoms with van der Waals surface area (Å²) in [6, 6.07) is 9.93. The van der Waals surface area contributed by atoms with Crippen LogP contribution in [0.1, 0.15) is 20.7 Å². The van der Waals surface area contributed by atoms with Crippen molar-refractivity contribution in [1.29, 1.82) is 0 Å². The Morgan fingerprint density at radius 3 is 2.19 bits per heavy atom. The Kier molecular flexibility index (Phi) is 3.80. The SMILES string of the molecule is CN(C(=O)c1ccc(O)cc1O)c1ccc(C(N)=O)cc1. The number of hydrogen-bond acceptors (Lipinski definition) is 4. The number of primary amides is 1. The maximum atomic E-state index is 12.3. The van der Waals surface area contributed by atoms with E-state index in [1.54, 1.807) is 12.1 Å². The second kappa shape index (κ2) is 5.54. The number of nitrogens with two attached hydrogens (primary N) is 1. The molecule has 0 aromatic heterocycles. The third-order valence-electron chi connectivity index (χ3n) is 3.06. The molecule has 0 spiro atoms. The van der Waals surface area contributed by atoms with Crippen LogP contribution in [-0.2, 0) is 0 Å². The van der Waals surface area contributed by atoms with Gasteiger partial charge in [-0.05, 0) is 36.4 Å². The van der Waals surface area contributed by atoms with Crippen molar-refractivity contribution in [1.82, 2.24) is 0 Å². The molecule has 0 aliphatic heterocycles. The molecule has 0 fully saturated rings. The van der Waals surface area contributed by atoms with Crippen LogP contribution in [0.3, 0.4) is 0 Å². The average molecular weight is 286 g/mol. The number of anilines is 1. The Bertz CT molecular complexity index is 695. The van der Waals surface area contributed by atoms with Crippen molar-refractivity contribution in [3.63, 3.8) is 0 Å². The van der Waals surface area contributed by atoms with Gasteiger partial charge in [-0.15, -0.1) is 0 Å². The Balaban J connectivity index is 2.28. The third kappa shape index (κ3) is 2.94. The fraction of sp³-hybridized carbons (Fsp3) is 0.0667. The highest BCUT2D eigenvalue weighted by molar-refractivity contribution is 6.07. The second-order valence-electron chi connectivity index (χ2n) is 4.48. The van der Waals surface area contributed by atoms with Crippen molar-refractivity contribution in [3.8, 4) is 11.5 Å². The van der Waals surface area contributed by atoms with Gasteiger partial charge < -0.3 is 20.8 Å². The molecular formula is C15H14N2O4. The van der Waals surface area contributed by atoms with E-state index in [-0.39, 0.29) is 17.1 Å². The average Bonchev–Trinajstić information content (AvgIpc) is 2.46. The number of amides is 2. The number of nitrogens with zero attached hydrogens (tertiary/aromatic N) is 1. The van der Waals surface area contributed by atoms with E-state index in [2.05, 4.69) is 0 Å². The molecule has 6 nitrogen and oxygen atoms in total. The molecule has 108 valence electrons. The molecular weight excluding hydrogens is 272 g/mol. The van der Waals surface area contributed by atoms with Gasteiger partial charge in [-0.2, -0.15) is 0 Å². The summed E-state index contributed by atoms with van der Waals surface area (Å²) < 4.78 is 0. The van der Waals surface area contributed by atoms with Gasteiger partial charge in [0.25, 0.3) is 5.91 Å². The minimum absolute atomic E-state index is 0.0641. The highest BCUT2D eigenvalue weighted by Gasteiger charge is 2.17. The van der Waals surface area contributed by atoms with E-state index >= 15 is 0 Å². The van der Waals surface area contributed by atoms with Gasteiger partial charge in [0.1, 0.15) is 11.5 Å². The van der Waals surface area contributed by atoms with E-state index in [1.165, 1.54) is 36.2 Å². The Hall–Kier alpha value is -3.02. The molecule has 4 N–H and O–H groups in total. The van der Waals surface area contributed by atoms with Gasteiger partial charge >= 0.3 is 0 Å². The molecule has 2 rings (SSSR count). The standard InChI is InChI=1S/C15H14N2O4/c1-17(10-4-2-9(3-5-10)14(16)20)15(21)12-7-6-11(18)8-13(12)19/h2-8,18-19H,1H3,(H2,16,20). The van der Waals surface area contributed by atoms with Crippen LogP contribution in [0.15, 0.2) is 42.5 Å². The van der Waals surface area contributed by atoms with Crippen LogP contribution >= 0.6 is 0 Å². The van der Waals surface area contributed by atoms with E-state index in [1.807, 2.05) is 0 Å². The molecule has 0 saturated heterocycles. The number of phenolic OH excluding ortho intramolecular Hbond substituents is 2. The zero-order valence-corrected chi connectivity index (χ0v) is 11.3. The van der Waals surface area contributed by atoms with E-state index in [0.29, 0.717) is 11.3 Å².